The van der Waals surface area contributed by atoms with Crippen molar-refractivity contribution in [3.05, 3.63) is 45.6 Å². The largest absolute Gasteiger partial charge is 0.485 e. The highest BCUT2D eigenvalue weighted by Crippen LogP contribution is 2.31. The second-order valence-corrected chi connectivity index (χ2v) is 8.27. The molecule has 2 aliphatic heterocycles. The molecule has 2 amide bonds. The van der Waals surface area contributed by atoms with E-state index in [-0.39, 0.29) is 18.4 Å². The van der Waals surface area contributed by atoms with Gasteiger partial charge in [-0.05, 0) is 32.0 Å². The monoisotopic (exact) mass is 386 g/mol. The molecular formula is C20H22N2O4S. The molecule has 0 spiro atoms. The summed E-state index contributed by atoms with van der Waals surface area (Å²) in [7, 11) is 0. The number of carbonyl (C=O) groups excluding carboxylic acids is 2. The number of hydrogen-bond donors (Lipinski definition) is 0. The number of nitrogens with zero attached hydrogens (tertiary/aromatic N) is 2. The van der Waals surface area contributed by atoms with Crippen molar-refractivity contribution in [3.8, 4) is 11.5 Å². The standard InChI is InChI=1S/C20H22N2O4S/c1-13-11-15(14(2)27-13)19(23)21-7-9-22(10-8-21)20(24)18-12-25-16-5-3-4-6-17(16)26-18/h3-6,11,18H,7-10,12H2,1-2H3. The predicted octanol–water partition coefficient (Wildman–Crippen LogP) is 2.49. The number of hydrogen-bond acceptors (Lipinski definition) is 5. The van der Waals surface area contributed by atoms with Gasteiger partial charge in [0.15, 0.2) is 11.5 Å². The number of benzene rings is 1. The summed E-state index contributed by atoms with van der Waals surface area (Å²) in [5, 5.41) is 0. The quantitative estimate of drug-likeness (QED) is 0.796. The highest BCUT2D eigenvalue weighted by atomic mass is 32.1. The van der Waals surface area contributed by atoms with Gasteiger partial charge in [-0.25, -0.2) is 0 Å². The van der Waals surface area contributed by atoms with E-state index in [1.54, 1.807) is 22.3 Å². The first-order valence-corrected chi connectivity index (χ1v) is 9.88. The predicted molar refractivity (Wildman–Crippen MR) is 103 cm³/mol. The molecule has 0 N–H and O–H groups in total. The van der Waals surface area contributed by atoms with Crippen LogP contribution in [0.5, 0.6) is 11.5 Å². The number of fused-ring (bicyclic) bond motifs is 1. The first-order chi connectivity index (χ1) is 13.0. The first-order valence-electron chi connectivity index (χ1n) is 9.06. The van der Waals surface area contributed by atoms with Crippen molar-refractivity contribution in [1.29, 1.82) is 0 Å². The SMILES string of the molecule is Cc1cc(C(=O)N2CCN(C(=O)C3COc4ccccc4O3)CC2)c(C)s1. The number of amides is 2. The van der Waals surface area contributed by atoms with E-state index in [0.29, 0.717) is 37.7 Å². The van der Waals surface area contributed by atoms with Gasteiger partial charge in [0.2, 0.25) is 6.10 Å². The van der Waals surface area contributed by atoms with E-state index in [1.165, 1.54) is 0 Å². The zero-order valence-corrected chi connectivity index (χ0v) is 16.3. The van der Waals surface area contributed by atoms with Gasteiger partial charge in [-0.3, -0.25) is 9.59 Å². The van der Waals surface area contributed by atoms with E-state index < -0.39 is 6.10 Å². The maximum Gasteiger partial charge on any atom is 0.267 e. The van der Waals surface area contributed by atoms with Crippen molar-refractivity contribution >= 4 is 23.2 Å². The number of rotatable bonds is 2. The zero-order valence-electron chi connectivity index (χ0n) is 15.4. The highest BCUT2D eigenvalue weighted by molar-refractivity contribution is 7.12. The molecule has 1 unspecified atom stereocenters. The number of thiophene rings is 1. The number of aryl methyl sites for hydroxylation is 2. The van der Waals surface area contributed by atoms with E-state index in [4.69, 9.17) is 9.47 Å². The van der Waals surface area contributed by atoms with Gasteiger partial charge in [0.1, 0.15) is 6.61 Å². The fraction of sp³-hybridized carbons (Fsp3) is 0.400. The summed E-state index contributed by atoms with van der Waals surface area (Å²) in [5.74, 6) is 1.23. The van der Waals surface area contributed by atoms with Crippen LogP contribution in [0.15, 0.2) is 30.3 Å². The van der Waals surface area contributed by atoms with Crippen molar-refractivity contribution in [2.75, 3.05) is 32.8 Å². The lowest BCUT2D eigenvalue weighted by Crippen LogP contribution is -2.55. The summed E-state index contributed by atoms with van der Waals surface area (Å²) < 4.78 is 11.5. The molecule has 1 aromatic heterocycles. The van der Waals surface area contributed by atoms with Crippen molar-refractivity contribution in [1.82, 2.24) is 9.80 Å². The molecule has 1 saturated heterocycles. The molecule has 27 heavy (non-hydrogen) atoms. The molecule has 1 atom stereocenters. The van der Waals surface area contributed by atoms with Crippen LogP contribution in [0.4, 0.5) is 0 Å². The molecular weight excluding hydrogens is 364 g/mol. The summed E-state index contributed by atoms with van der Waals surface area (Å²) in [5.41, 5.74) is 0.776. The zero-order chi connectivity index (χ0) is 19.0. The van der Waals surface area contributed by atoms with Crippen LogP contribution in [-0.2, 0) is 4.79 Å². The normalized spacial score (nSPS) is 19.1. The van der Waals surface area contributed by atoms with Crippen LogP contribution in [0.3, 0.4) is 0 Å². The topological polar surface area (TPSA) is 59.1 Å². The molecule has 1 aromatic carbocycles. The summed E-state index contributed by atoms with van der Waals surface area (Å²) in [6.07, 6.45) is -0.635. The van der Waals surface area contributed by atoms with Crippen LogP contribution in [0.2, 0.25) is 0 Å². The van der Waals surface area contributed by atoms with E-state index in [0.717, 1.165) is 15.3 Å². The minimum atomic E-state index is -0.635. The molecule has 0 bridgehead atoms. The maximum absolute atomic E-state index is 12.8. The average Bonchev–Trinajstić information content (AvgIpc) is 3.04. The molecule has 3 heterocycles. The Bertz CT molecular complexity index is 871. The minimum Gasteiger partial charge on any atom is -0.485 e. The van der Waals surface area contributed by atoms with Crippen LogP contribution in [0.25, 0.3) is 0 Å². The second kappa shape index (κ2) is 7.23. The van der Waals surface area contributed by atoms with Crippen LogP contribution in [0, 0.1) is 13.8 Å². The van der Waals surface area contributed by atoms with E-state index in [9.17, 15) is 9.59 Å². The summed E-state index contributed by atoms with van der Waals surface area (Å²) in [6, 6.07) is 9.31. The smallest absolute Gasteiger partial charge is 0.267 e. The Morgan fingerprint density at radius 3 is 2.37 bits per heavy atom. The number of para-hydroxylation sites is 2. The van der Waals surface area contributed by atoms with Gasteiger partial charge in [-0.1, -0.05) is 12.1 Å². The van der Waals surface area contributed by atoms with Crippen LogP contribution < -0.4 is 9.47 Å². The highest BCUT2D eigenvalue weighted by Gasteiger charge is 2.33. The Hall–Kier alpha value is -2.54. The maximum atomic E-state index is 12.8. The third kappa shape index (κ3) is 3.51. The molecule has 2 aromatic rings. The fourth-order valence-corrected chi connectivity index (χ4v) is 4.40. The Kier molecular flexibility index (Phi) is 4.78. The lowest BCUT2D eigenvalue weighted by Gasteiger charge is -2.37. The second-order valence-electron chi connectivity index (χ2n) is 6.81. The van der Waals surface area contributed by atoms with Crippen molar-refractivity contribution in [3.63, 3.8) is 0 Å². The van der Waals surface area contributed by atoms with Gasteiger partial charge >= 0.3 is 0 Å². The molecule has 1 fully saturated rings. The van der Waals surface area contributed by atoms with Crippen molar-refractivity contribution < 1.29 is 19.1 Å². The molecule has 0 aliphatic carbocycles. The molecule has 0 radical (unpaired) electrons. The molecule has 6 nitrogen and oxygen atoms in total. The molecule has 142 valence electrons. The van der Waals surface area contributed by atoms with Gasteiger partial charge in [-0.2, -0.15) is 0 Å². The Morgan fingerprint density at radius 2 is 1.70 bits per heavy atom. The lowest BCUT2D eigenvalue weighted by molar-refractivity contribution is -0.142. The molecule has 4 rings (SSSR count). The van der Waals surface area contributed by atoms with E-state index >= 15 is 0 Å². The van der Waals surface area contributed by atoms with E-state index in [2.05, 4.69) is 0 Å². The third-order valence-corrected chi connectivity index (χ3v) is 5.90. The van der Waals surface area contributed by atoms with Crippen LogP contribution in [0.1, 0.15) is 20.1 Å². The summed E-state index contributed by atoms with van der Waals surface area (Å²) in [4.78, 5) is 31.3. The third-order valence-electron chi connectivity index (χ3n) is 4.93. The van der Waals surface area contributed by atoms with Gasteiger partial charge in [0.25, 0.3) is 11.8 Å². The molecule has 7 heteroatoms. The molecule has 0 saturated carbocycles. The van der Waals surface area contributed by atoms with Crippen molar-refractivity contribution in [2.45, 2.75) is 20.0 Å². The number of ether oxygens (including phenoxy) is 2. The summed E-state index contributed by atoms with van der Waals surface area (Å²) in [6.45, 7) is 6.27. The first kappa shape index (κ1) is 17.9. The Morgan fingerprint density at radius 1 is 1.04 bits per heavy atom. The van der Waals surface area contributed by atoms with Crippen LogP contribution in [-0.4, -0.2) is 60.5 Å². The van der Waals surface area contributed by atoms with Crippen molar-refractivity contribution in [2.24, 2.45) is 0 Å². The fourth-order valence-electron chi connectivity index (χ4n) is 3.49. The number of piperazine rings is 1. The van der Waals surface area contributed by atoms with Gasteiger partial charge in [0.05, 0.1) is 5.56 Å². The average molecular weight is 386 g/mol. The minimum absolute atomic E-state index is 0.0510. The van der Waals surface area contributed by atoms with Gasteiger partial charge < -0.3 is 19.3 Å². The number of carbonyl (C=O) groups is 2. The lowest BCUT2D eigenvalue weighted by atomic mass is 10.2. The van der Waals surface area contributed by atoms with E-state index in [1.807, 2.05) is 43.0 Å². The van der Waals surface area contributed by atoms with Gasteiger partial charge in [0, 0.05) is 35.9 Å². The Labute approximate surface area is 162 Å². The van der Waals surface area contributed by atoms with Crippen LogP contribution >= 0.6 is 11.3 Å². The summed E-state index contributed by atoms with van der Waals surface area (Å²) >= 11 is 1.64. The Balaban J connectivity index is 1.36. The van der Waals surface area contributed by atoms with Gasteiger partial charge in [-0.15, -0.1) is 11.3 Å². The molecule has 2 aliphatic rings.